The predicted molar refractivity (Wildman–Crippen MR) is 73.8 cm³/mol. The third-order valence-corrected chi connectivity index (χ3v) is 3.59. The molecule has 0 aromatic carbocycles. The van der Waals surface area contributed by atoms with Crippen molar-refractivity contribution in [1.29, 1.82) is 0 Å². The number of aromatic nitrogens is 1. The molecule has 102 valence electrons. The van der Waals surface area contributed by atoms with Gasteiger partial charge in [-0.25, -0.2) is 4.98 Å². The minimum atomic E-state index is -0.432. The van der Waals surface area contributed by atoms with E-state index in [-0.39, 0.29) is 18.6 Å². The fourth-order valence-corrected chi connectivity index (χ4v) is 2.27. The molecule has 5 heteroatoms. The Bertz CT molecular complexity index is 396. The third kappa shape index (κ3) is 5.14. The average Bonchev–Trinajstić information content (AvgIpc) is 2.72. The van der Waals surface area contributed by atoms with Gasteiger partial charge in [-0.2, -0.15) is 0 Å². The maximum atomic E-state index is 11.6. The molecule has 0 amide bonds. The summed E-state index contributed by atoms with van der Waals surface area (Å²) in [4.78, 5) is 17.2. The Morgan fingerprint density at radius 1 is 1.56 bits per heavy atom. The van der Waals surface area contributed by atoms with Crippen LogP contribution in [0.3, 0.4) is 0 Å². The summed E-state index contributed by atoms with van der Waals surface area (Å²) in [5.74, 6) is -0.235. The van der Waals surface area contributed by atoms with Crippen molar-refractivity contribution in [3.05, 3.63) is 16.1 Å². The van der Waals surface area contributed by atoms with Gasteiger partial charge in [0, 0.05) is 11.1 Å². The summed E-state index contributed by atoms with van der Waals surface area (Å²) >= 11 is 1.68. The minimum Gasteiger partial charge on any atom is -0.459 e. The topological polar surface area (TPSA) is 51.2 Å². The van der Waals surface area contributed by atoms with Crippen molar-refractivity contribution in [3.8, 4) is 0 Å². The molecule has 1 unspecified atom stereocenters. The molecule has 1 atom stereocenters. The average molecular weight is 270 g/mol. The van der Waals surface area contributed by atoms with E-state index in [1.54, 1.807) is 11.3 Å². The largest absolute Gasteiger partial charge is 0.459 e. The lowest BCUT2D eigenvalue weighted by atomic mass is 10.2. The molecular weight excluding hydrogens is 248 g/mol. The Hall–Kier alpha value is -0.940. The monoisotopic (exact) mass is 270 g/mol. The van der Waals surface area contributed by atoms with Crippen molar-refractivity contribution < 1.29 is 9.53 Å². The van der Waals surface area contributed by atoms with Crippen molar-refractivity contribution in [3.63, 3.8) is 0 Å². The number of nitrogens with one attached hydrogen (secondary N) is 1. The molecule has 1 aromatic rings. The normalized spacial score (nSPS) is 13.4. The van der Waals surface area contributed by atoms with Gasteiger partial charge >= 0.3 is 5.97 Å². The summed E-state index contributed by atoms with van der Waals surface area (Å²) in [5, 5.41) is 4.14. The number of hydrogen-bond donors (Lipinski definition) is 1. The first-order valence-corrected chi connectivity index (χ1v) is 7.03. The predicted octanol–water partition coefficient (Wildman–Crippen LogP) is 2.70. The molecule has 1 heterocycles. The summed E-state index contributed by atoms with van der Waals surface area (Å²) < 4.78 is 5.23. The van der Waals surface area contributed by atoms with E-state index < -0.39 is 5.60 Å². The van der Waals surface area contributed by atoms with Gasteiger partial charge in [-0.3, -0.25) is 10.1 Å². The van der Waals surface area contributed by atoms with Crippen LogP contribution in [0.4, 0.5) is 0 Å². The first kappa shape index (κ1) is 15.1. The molecule has 0 spiro atoms. The van der Waals surface area contributed by atoms with E-state index >= 15 is 0 Å². The van der Waals surface area contributed by atoms with Gasteiger partial charge in [0.1, 0.15) is 10.6 Å². The van der Waals surface area contributed by atoms with Crippen LogP contribution < -0.4 is 5.32 Å². The standard InChI is InChI=1S/C13H22N2O2S/c1-6-10-7-15-12(18-10)9(2)14-8-11(16)17-13(3,4)5/h7,9,14H,6,8H2,1-5H3. The van der Waals surface area contributed by atoms with Crippen LogP contribution in [-0.4, -0.2) is 23.1 Å². The summed E-state index contributed by atoms with van der Waals surface area (Å²) in [6, 6.07) is 0.0721. The molecule has 0 aliphatic rings. The van der Waals surface area contributed by atoms with Crippen LogP contribution in [0, 0.1) is 0 Å². The van der Waals surface area contributed by atoms with Crippen molar-refractivity contribution in [2.45, 2.75) is 52.7 Å². The fourth-order valence-electron chi connectivity index (χ4n) is 1.39. The molecule has 18 heavy (non-hydrogen) atoms. The number of aryl methyl sites for hydroxylation is 1. The van der Waals surface area contributed by atoms with Crippen molar-refractivity contribution in [2.24, 2.45) is 0 Å². The fraction of sp³-hybridized carbons (Fsp3) is 0.692. The quantitative estimate of drug-likeness (QED) is 0.836. The van der Waals surface area contributed by atoms with Gasteiger partial charge in [-0.1, -0.05) is 6.92 Å². The Balaban J connectivity index is 2.41. The smallest absolute Gasteiger partial charge is 0.320 e. The second kappa shape index (κ2) is 6.29. The van der Waals surface area contributed by atoms with E-state index in [2.05, 4.69) is 17.2 Å². The molecule has 1 rings (SSSR count). The van der Waals surface area contributed by atoms with Crippen LogP contribution >= 0.6 is 11.3 Å². The molecule has 0 saturated heterocycles. The van der Waals surface area contributed by atoms with Crippen LogP contribution in [0.5, 0.6) is 0 Å². The number of nitrogens with zero attached hydrogens (tertiary/aromatic N) is 1. The van der Waals surface area contributed by atoms with Crippen molar-refractivity contribution in [1.82, 2.24) is 10.3 Å². The molecule has 0 saturated carbocycles. The molecule has 0 bridgehead atoms. The highest BCUT2D eigenvalue weighted by Crippen LogP contribution is 2.20. The molecule has 0 aliphatic heterocycles. The van der Waals surface area contributed by atoms with E-state index in [1.165, 1.54) is 4.88 Å². The SMILES string of the molecule is CCc1cnc(C(C)NCC(=O)OC(C)(C)C)s1. The molecule has 1 N–H and O–H groups in total. The first-order chi connectivity index (χ1) is 8.31. The number of rotatable bonds is 5. The first-order valence-electron chi connectivity index (χ1n) is 6.21. The Morgan fingerprint density at radius 2 is 2.22 bits per heavy atom. The van der Waals surface area contributed by atoms with Gasteiger partial charge in [-0.15, -0.1) is 11.3 Å². The molecule has 1 aromatic heterocycles. The van der Waals surface area contributed by atoms with Crippen LogP contribution in [0.15, 0.2) is 6.20 Å². The zero-order valence-corrected chi connectivity index (χ0v) is 12.6. The van der Waals surface area contributed by atoms with E-state index in [9.17, 15) is 4.79 Å². The van der Waals surface area contributed by atoms with Crippen LogP contribution in [-0.2, 0) is 16.0 Å². The van der Waals surface area contributed by atoms with Gasteiger partial charge in [0.05, 0.1) is 12.6 Å². The lowest BCUT2D eigenvalue weighted by Gasteiger charge is -2.20. The van der Waals surface area contributed by atoms with Crippen LogP contribution in [0.1, 0.15) is 50.5 Å². The van der Waals surface area contributed by atoms with E-state index in [4.69, 9.17) is 4.74 Å². The number of thiazole rings is 1. The number of hydrogen-bond acceptors (Lipinski definition) is 5. The van der Waals surface area contributed by atoms with Crippen LogP contribution in [0.25, 0.3) is 0 Å². The third-order valence-electron chi connectivity index (χ3n) is 2.26. The second-order valence-electron chi connectivity index (χ2n) is 5.21. The van der Waals surface area contributed by atoms with Gasteiger partial charge < -0.3 is 4.74 Å². The summed E-state index contributed by atoms with van der Waals surface area (Å²) in [5.41, 5.74) is -0.432. The highest BCUT2D eigenvalue weighted by atomic mass is 32.1. The zero-order chi connectivity index (χ0) is 13.8. The van der Waals surface area contributed by atoms with E-state index in [0.29, 0.717) is 0 Å². The molecule has 0 aliphatic carbocycles. The number of carbonyl (C=O) groups is 1. The van der Waals surface area contributed by atoms with Crippen molar-refractivity contribution in [2.75, 3.05) is 6.54 Å². The number of carbonyl (C=O) groups excluding carboxylic acids is 1. The lowest BCUT2D eigenvalue weighted by molar-refractivity contribution is -0.153. The lowest BCUT2D eigenvalue weighted by Crippen LogP contribution is -2.32. The highest BCUT2D eigenvalue weighted by Gasteiger charge is 2.17. The molecule has 4 nitrogen and oxygen atoms in total. The van der Waals surface area contributed by atoms with Crippen LogP contribution in [0.2, 0.25) is 0 Å². The molecule has 0 fully saturated rings. The molecule has 0 radical (unpaired) electrons. The highest BCUT2D eigenvalue weighted by molar-refractivity contribution is 7.11. The van der Waals surface area contributed by atoms with E-state index in [0.717, 1.165) is 11.4 Å². The Labute approximate surface area is 113 Å². The number of ether oxygens (including phenoxy) is 1. The molecular formula is C13H22N2O2S. The van der Waals surface area contributed by atoms with Gasteiger partial charge in [0.15, 0.2) is 0 Å². The Morgan fingerprint density at radius 3 is 2.72 bits per heavy atom. The number of esters is 1. The second-order valence-corrected chi connectivity index (χ2v) is 6.35. The summed E-state index contributed by atoms with van der Waals surface area (Å²) in [6.07, 6.45) is 2.89. The minimum absolute atomic E-state index is 0.0721. The van der Waals surface area contributed by atoms with E-state index in [1.807, 2.05) is 33.9 Å². The summed E-state index contributed by atoms with van der Waals surface area (Å²) in [6.45, 7) is 9.91. The maximum Gasteiger partial charge on any atom is 0.320 e. The summed E-state index contributed by atoms with van der Waals surface area (Å²) in [7, 11) is 0. The zero-order valence-electron chi connectivity index (χ0n) is 11.7. The van der Waals surface area contributed by atoms with Crippen molar-refractivity contribution >= 4 is 17.3 Å². The van der Waals surface area contributed by atoms with Gasteiger partial charge in [0.2, 0.25) is 0 Å². The Kier molecular flexibility index (Phi) is 5.28. The van der Waals surface area contributed by atoms with Gasteiger partial charge in [-0.05, 0) is 34.1 Å². The van der Waals surface area contributed by atoms with Gasteiger partial charge in [0.25, 0.3) is 0 Å². The maximum absolute atomic E-state index is 11.6.